The highest BCUT2D eigenvalue weighted by Crippen LogP contribution is 2.38. The standard InChI is InChI=1S/C19H26N6OS/c1-4-24(5-2)11-7-10-20-18(26)16-22-17-15-13-8-6-9-14(13)27-19(15)21-12(3)25(17)23-16/h4-11H2,1-3H3,(H,20,26). The van der Waals surface area contributed by atoms with Crippen molar-refractivity contribution < 1.29 is 4.79 Å². The number of aryl methyl sites for hydroxylation is 3. The average Bonchev–Trinajstić information content (AvgIpc) is 3.35. The second-order valence-electron chi connectivity index (χ2n) is 7.00. The Labute approximate surface area is 162 Å². The lowest BCUT2D eigenvalue weighted by atomic mass is 10.2. The molecule has 27 heavy (non-hydrogen) atoms. The second kappa shape index (κ2) is 7.52. The number of nitrogens with one attached hydrogen (secondary N) is 1. The fourth-order valence-corrected chi connectivity index (χ4v) is 5.11. The number of hydrogen-bond acceptors (Lipinski definition) is 6. The van der Waals surface area contributed by atoms with Gasteiger partial charge in [0.1, 0.15) is 10.7 Å². The van der Waals surface area contributed by atoms with E-state index in [1.54, 1.807) is 15.9 Å². The normalized spacial score (nSPS) is 13.8. The van der Waals surface area contributed by atoms with Crippen LogP contribution in [0.25, 0.3) is 15.9 Å². The summed E-state index contributed by atoms with van der Waals surface area (Å²) in [7, 11) is 0. The summed E-state index contributed by atoms with van der Waals surface area (Å²) in [5, 5.41) is 8.48. The van der Waals surface area contributed by atoms with Gasteiger partial charge in [-0.2, -0.15) is 4.52 Å². The molecule has 7 nitrogen and oxygen atoms in total. The van der Waals surface area contributed by atoms with E-state index in [0.29, 0.717) is 6.54 Å². The van der Waals surface area contributed by atoms with Gasteiger partial charge in [-0.15, -0.1) is 16.4 Å². The van der Waals surface area contributed by atoms with Gasteiger partial charge < -0.3 is 10.2 Å². The molecule has 0 aliphatic heterocycles. The second-order valence-corrected chi connectivity index (χ2v) is 8.09. The lowest BCUT2D eigenvalue weighted by molar-refractivity contribution is 0.0941. The van der Waals surface area contributed by atoms with Gasteiger partial charge in [-0.3, -0.25) is 4.79 Å². The van der Waals surface area contributed by atoms with Crippen molar-refractivity contribution >= 4 is 33.1 Å². The maximum Gasteiger partial charge on any atom is 0.290 e. The number of hydrogen-bond donors (Lipinski definition) is 1. The van der Waals surface area contributed by atoms with Crippen molar-refractivity contribution in [1.29, 1.82) is 0 Å². The van der Waals surface area contributed by atoms with E-state index in [0.717, 1.165) is 60.6 Å². The molecule has 0 aromatic carbocycles. The number of aromatic nitrogens is 4. The third-order valence-electron chi connectivity index (χ3n) is 5.34. The van der Waals surface area contributed by atoms with Crippen molar-refractivity contribution in [3.05, 3.63) is 22.1 Å². The molecular weight excluding hydrogens is 360 g/mol. The minimum absolute atomic E-state index is 0.210. The minimum atomic E-state index is -0.210. The Morgan fingerprint density at radius 2 is 2.07 bits per heavy atom. The molecule has 0 unspecified atom stereocenters. The van der Waals surface area contributed by atoms with Crippen LogP contribution in [0.1, 0.15) is 53.6 Å². The summed E-state index contributed by atoms with van der Waals surface area (Å²) >= 11 is 1.76. The lowest BCUT2D eigenvalue weighted by Crippen LogP contribution is -2.30. The molecule has 0 fully saturated rings. The largest absolute Gasteiger partial charge is 0.349 e. The van der Waals surface area contributed by atoms with Gasteiger partial charge in [0.15, 0.2) is 5.65 Å². The van der Waals surface area contributed by atoms with Crippen LogP contribution in [0.15, 0.2) is 0 Å². The molecule has 0 saturated heterocycles. The van der Waals surface area contributed by atoms with E-state index in [-0.39, 0.29) is 11.7 Å². The third kappa shape index (κ3) is 3.32. The maximum absolute atomic E-state index is 12.5. The van der Waals surface area contributed by atoms with Crippen molar-refractivity contribution in [2.45, 2.75) is 46.5 Å². The Bertz CT molecular complexity index is 987. The molecule has 1 amide bonds. The first-order valence-electron chi connectivity index (χ1n) is 9.80. The molecule has 1 aliphatic carbocycles. The number of carbonyl (C=O) groups excluding carboxylic acids is 1. The van der Waals surface area contributed by atoms with Crippen LogP contribution >= 0.6 is 11.3 Å². The molecule has 0 atom stereocenters. The Morgan fingerprint density at radius 3 is 2.85 bits per heavy atom. The number of carbonyl (C=O) groups is 1. The number of thiophene rings is 1. The Kier molecular flexibility index (Phi) is 5.10. The zero-order valence-electron chi connectivity index (χ0n) is 16.2. The molecule has 144 valence electrons. The summed E-state index contributed by atoms with van der Waals surface area (Å²) in [5.41, 5.74) is 2.12. The summed E-state index contributed by atoms with van der Waals surface area (Å²) in [4.78, 5) is 26.6. The van der Waals surface area contributed by atoms with E-state index in [4.69, 9.17) is 4.98 Å². The molecule has 0 bridgehead atoms. The van der Waals surface area contributed by atoms with Gasteiger partial charge in [0.05, 0.1) is 5.39 Å². The lowest BCUT2D eigenvalue weighted by Gasteiger charge is -2.17. The van der Waals surface area contributed by atoms with Crippen molar-refractivity contribution in [2.75, 3.05) is 26.2 Å². The van der Waals surface area contributed by atoms with Gasteiger partial charge in [-0.1, -0.05) is 13.8 Å². The molecule has 1 N–H and O–H groups in total. The molecule has 3 aromatic heterocycles. The van der Waals surface area contributed by atoms with Gasteiger partial charge in [-0.05, 0) is 57.8 Å². The van der Waals surface area contributed by atoms with Gasteiger partial charge in [-0.25, -0.2) is 9.97 Å². The van der Waals surface area contributed by atoms with Crippen molar-refractivity contribution in [3.8, 4) is 0 Å². The Morgan fingerprint density at radius 1 is 1.26 bits per heavy atom. The van der Waals surface area contributed by atoms with Gasteiger partial charge in [0, 0.05) is 11.4 Å². The first kappa shape index (κ1) is 18.3. The molecule has 0 saturated carbocycles. The number of amides is 1. The molecule has 1 aliphatic rings. The van der Waals surface area contributed by atoms with Gasteiger partial charge >= 0.3 is 0 Å². The zero-order chi connectivity index (χ0) is 19.0. The van der Waals surface area contributed by atoms with Crippen LogP contribution in [0.5, 0.6) is 0 Å². The fourth-order valence-electron chi connectivity index (χ4n) is 3.81. The Balaban J connectivity index is 1.55. The summed E-state index contributed by atoms with van der Waals surface area (Å²) in [6.45, 7) is 9.90. The molecule has 0 spiro atoms. The van der Waals surface area contributed by atoms with E-state index in [2.05, 4.69) is 34.1 Å². The summed E-state index contributed by atoms with van der Waals surface area (Å²) in [6, 6.07) is 0. The average molecular weight is 387 g/mol. The predicted octanol–water partition coefficient (Wildman–Crippen LogP) is 2.60. The van der Waals surface area contributed by atoms with Crippen LogP contribution < -0.4 is 5.32 Å². The smallest absolute Gasteiger partial charge is 0.290 e. The number of rotatable bonds is 7. The molecular formula is C19H26N6OS. The first-order valence-corrected chi connectivity index (χ1v) is 10.6. The quantitative estimate of drug-likeness (QED) is 0.632. The maximum atomic E-state index is 12.5. The van der Waals surface area contributed by atoms with Gasteiger partial charge in [0.2, 0.25) is 5.82 Å². The fraction of sp³-hybridized carbons (Fsp3) is 0.579. The van der Waals surface area contributed by atoms with Gasteiger partial charge in [0.25, 0.3) is 5.91 Å². The number of nitrogens with zero attached hydrogens (tertiary/aromatic N) is 5. The number of fused-ring (bicyclic) bond motifs is 5. The van der Waals surface area contributed by atoms with E-state index in [1.165, 1.54) is 16.9 Å². The SMILES string of the molecule is CCN(CC)CCCNC(=O)c1nc2c3c4c(sc3nc(C)n2n1)CCC4. The van der Waals surface area contributed by atoms with E-state index < -0.39 is 0 Å². The highest BCUT2D eigenvalue weighted by molar-refractivity contribution is 7.19. The highest BCUT2D eigenvalue weighted by atomic mass is 32.1. The third-order valence-corrected chi connectivity index (χ3v) is 6.52. The molecule has 3 aromatic rings. The Hall–Kier alpha value is -2.06. The zero-order valence-corrected chi connectivity index (χ0v) is 17.0. The summed E-state index contributed by atoms with van der Waals surface area (Å²) in [5.74, 6) is 0.788. The minimum Gasteiger partial charge on any atom is -0.349 e. The van der Waals surface area contributed by atoms with E-state index >= 15 is 0 Å². The highest BCUT2D eigenvalue weighted by Gasteiger charge is 2.24. The van der Waals surface area contributed by atoms with Crippen LogP contribution in [0, 0.1) is 6.92 Å². The van der Waals surface area contributed by atoms with Crippen LogP contribution in [0.3, 0.4) is 0 Å². The summed E-state index contributed by atoms with van der Waals surface area (Å²) < 4.78 is 1.72. The molecule has 3 heterocycles. The summed E-state index contributed by atoms with van der Waals surface area (Å²) in [6.07, 6.45) is 4.29. The predicted molar refractivity (Wildman–Crippen MR) is 108 cm³/mol. The van der Waals surface area contributed by atoms with Crippen LogP contribution in [0.4, 0.5) is 0 Å². The van der Waals surface area contributed by atoms with E-state index in [9.17, 15) is 4.79 Å². The monoisotopic (exact) mass is 386 g/mol. The molecule has 8 heteroatoms. The van der Waals surface area contributed by atoms with Crippen molar-refractivity contribution in [1.82, 2.24) is 29.8 Å². The van der Waals surface area contributed by atoms with Crippen molar-refractivity contribution in [2.24, 2.45) is 0 Å². The molecule has 0 radical (unpaired) electrons. The first-order chi connectivity index (χ1) is 13.1. The van der Waals surface area contributed by atoms with Crippen LogP contribution in [-0.2, 0) is 12.8 Å². The van der Waals surface area contributed by atoms with E-state index in [1.807, 2.05) is 6.92 Å². The van der Waals surface area contributed by atoms with Crippen LogP contribution in [-0.4, -0.2) is 56.6 Å². The topological polar surface area (TPSA) is 75.4 Å². The van der Waals surface area contributed by atoms with Crippen LogP contribution in [0.2, 0.25) is 0 Å². The molecule has 4 rings (SSSR count). The van der Waals surface area contributed by atoms with Crippen molar-refractivity contribution in [3.63, 3.8) is 0 Å².